The number of benzene rings is 1. The number of carbonyl (C=O) groups excluding carboxylic acids is 2. The van der Waals surface area contributed by atoms with Gasteiger partial charge in [-0.3, -0.25) is 14.2 Å². The predicted molar refractivity (Wildman–Crippen MR) is 122 cm³/mol. The van der Waals surface area contributed by atoms with Crippen LogP contribution in [0.2, 0.25) is 0 Å². The molecule has 0 amide bonds. The van der Waals surface area contributed by atoms with Crippen LogP contribution in [-0.2, 0) is 14.3 Å². The molecule has 164 valence electrons. The van der Waals surface area contributed by atoms with Crippen molar-refractivity contribution in [1.29, 1.82) is 0 Å². The molecule has 1 aliphatic rings. The topological polar surface area (TPSA) is 87.0 Å². The molecule has 3 aromatic rings. The van der Waals surface area contributed by atoms with Crippen molar-refractivity contribution in [3.8, 4) is 5.75 Å². The van der Waals surface area contributed by atoms with Crippen LogP contribution in [0.1, 0.15) is 37.3 Å². The standard InChI is InChI=1S/C23H20N2O5S2/c1-4-29-22(28)19-13(2)24-23-25(21(27)18(32-23)12-17-6-5-11-31-17)20(19)15-7-9-16(10-8-15)30-14(3)26/h5-12,20H,4H2,1-3H3/b18-12-/t20-/m1/s1. The van der Waals surface area contributed by atoms with Gasteiger partial charge in [0, 0.05) is 11.8 Å². The van der Waals surface area contributed by atoms with Crippen LogP contribution in [0.3, 0.4) is 0 Å². The minimum absolute atomic E-state index is 0.205. The lowest BCUT2D eigenvalue weighted by Gasteiger charge is -2.24. The van der Waals surface area contributed by atoms with Gasteiger partial charge in [0.15, 0.2) is 4.80 Å². The highest BCUT2D eigenvalue weighted by Gasteiger charge is 2.33. The van der Waals surface area contributed by atoms with Crippen molar-refractivity contribution in [1.82, 2.24) is 4.57 Å². The number of esters is 2. The monoisotopic (exact) mass is 468 g/mol. The highest BCUT2D eigenvalue weighted by Crippen LogP contribution is 2.31. The number of rotatable bonds is 5. The Balaban J connectivity index is 1.90. The first-order chi connectivity index (χ1) is 15.4. The summed E-state index contributed by atoms with van der Waals surface area (Å²) in [6.45, 7) is 5.00. The number of allylic oxidation sites excluding steroid dienone is 1. The molecule has 7 nitrogen and oxygen atoms in total. The Morgan fingerprint density at radius 1 is 1.22 bits per heavy atom. The molecule has 1 aromatic carbocycles. The Morgan fingerprint density at radius 3 is 2.59 bits per heavy atom. The molecule has 0 saturated heterocycles. The smallest absolute Gasteiger partial charge is 0.338 e. The third kappa shape index (κ3) is 4.21. The van der Waals surface area contributed by atoms with Crippen molar-refractivity contribution < 1.29 is 19.1 Å². The number of thiophene rings is 1. The fraction of sp³-hybridized carbons (Fsp3) is 0.217. The number of hydrogen-bond acceptors (Lipinski definition) is 8. The number of carbonyl (C=O) groups is 2. The van der Waals surface area contributed by atoms with Crippen LogP contribution < -0.4 is 19.6 Å². The molecule has 2 aromatic heterocycles. The summed E-state index contributed by atoms with van der Waals surface area (Å²) >= 11 is 2.82. The van der Waals surface area contributed by atoms with Crippen LogP contribution in [0, 0.1) is 0 Å². The first kappa shape index (κ1) is 21.9. The van der Waals surface area contributed by atoms with Crippen LogP contribution in [0.4, 0.5) is 0 Å². The summed E-state index contributed by atoms with van der Waals surface area (Å²) in [6, 6.07) is 9.89. The van der Waals surface area contributed by atoms with Gasteiger partial charge in [-0.15, -0.1) is 11.3 Å². The number of fused-ring (bicyclic) bond motifs is 1. The van der Waals surface area contributed by atoms with E-state index in [1.165, 1.54) is 34.2 Å². The average molecular weight is 469 g/mol. The quantitative estimate of drug-likeness (QED) is 0.425. The third-order valence-electron chi connectivity index (χ3n) is 4.79. The molecule has 0 aliphatic carbocycles. The van der Waals surface area contributed by atoms with Gasteiger partial charge in [0.1, 0.15) is 5.75 Å². The molecule has 0 saturated carbocycles. The van der Waals surface area contributed by atoms with Gasteiger partial charge in [-0.2, -0.15) is 0 Å². The van der Waals surface area contributed by atoms with Gasteiger partial charge < -0.3 is 9.47 Å². The average Bonchev–Trinajstić information content (AvgIpc) is 3.36. The molecular weight excluding hydrogens is 448 g/mol. The summed E-state index contributed by atoms with van der Waals surface area (Å²) in [7, 11) is 0. The van der Waals surface area contributed by atoms with E-state index in [0.29, 0.717) is 31.9 Å². The molecule has 9 heteroatoms. The zero-order valence-electron chi connectivity index (χ0n) is 17.7. The summed E-state index contributed by atoms with van der Waals surface area (Å²) in [5.41, 5.74) is 1.26. The third-order valence-corrected chi connectivity index (χ3v) is 6.59. The summed E-state index contributed by atoms with van der Waals surface area (Å²) in [4.78, 5) is 43.5. The van der Waals surface area contributed by atoms with Gasteiger partial charge >= 0.3 is 11.9 Å². The van der Waals surface area contributed by atoms with Crippen molar-refractivity contribution in [3.05, 3.63) is 83.2 Å². The number of nitrogens with zero attached hydrogens (tertiary/aromatic N) is 2. The van der Waals surface area contributed by atoms with Crippen molar-refractivity contribution >= 4 is 40.7 Å². The molecular formula is C23H20N2O5S2. The highest BCUT2D eigenvalue weighted by atomic mass is 32.1. The maximum atomic E-state index is 13.4. The summed E-state index contributed by atoms with van der Waals surface area (Å²) in [6.07, 6.45) is 1.83. The molecule has 1 atom stereocenters. The molecule has 32 heavy (non-hydrogen) atoms. The number of thiazole rings is 1. The largest absolute Gasteiger partial charge is 0.463 e. The number of ether oxygens (including phenoxy) is 2. The van der Waals surface area contributed by atoms with Gasteiger partial charge in [0.2, 0.25) is 0 Å². The van der Waals surface area contributed by atoms with Gasteiger partial charge in [0.25, 0.3) is 5.56 Å². The lowest BCUT2D eigenvalue weighted by molar-refractivity contribution is -0.139. The molecule has 1 aliphatic heterocycles. The summed E-state index contributed by atoms with van der Waals surface area (Å²) in [5.74, 6) is -0.567. The van der Waals surface area contributed by atoms with Crippen LogP contribution in [0.5, 0.6) is 5.75 Å². The van der Waals surface area contributed by atoms with E-state index in [0.717, 1.165) is 4.88 Å². The minimum atomic E-state index is -0.706. The van der Waals surface area contributed by atoms with Crippen molar-refractivity contribution in [2.45, 2.75) is 26.8 Å². The van der Waals surface area contributed by atoms with Gasteiger partial charge in [-0.05, 0) is 49.1 Å². The molecule has 0 N–H and O–H groups in total. The zero-order valence-corrected chi connectivity index (χ0v) is 19.3. The summed E-state index contributed by atoms with van der Waals surface area (Å²) in [5, 5.41) is 1.94. The Bertz CT molecular complexity index is 1380. The first-order valence-electron chi connectivity index (χ1n) is 9.90. The van der Waals surface area contributed by atoms with Gasteiger partial charge in [0.05, 0.1) is 28.5 Å². The minimum Gasteiger partial charge on any atom is -0.463 e. The number of aromatic nitrogens is 1. The van der Waals surface area contributed by atoms with E-state index in [1.54, 1.807) is 38.1 Å². The van der Waals surface area contributed by atoms with E-state index in [4.69, 9.17) is 9.47 Å². The Kier molecular flexibility index (Phi) is 6.20. The van der Waals surface area contributed by atoms with Gasteiger partial charge in [-0.1, -0.05) is 29.5 Å². The first-order valence-corrected chi connectivity index (χ1v) is 11.6. The Hall–Kier alpha value is -3.30. The van der Waals surface area contributed by atoms with Crippen molar-refractivity contribution in [2.75, 3.05) is 6.61 Å². The van der Waals surface area contributed by atoms with Gasteiger partial charge in [-0.25, -0.2) is 9.79 Å². The molecule has 0 unspecified atom stereocenters. The maximum Gasteiger partial charge on any atom is 0.338 e. The molecule has 4 rings (SSSR count). The van der Waals surface area contributed by atoms with E-state index < -0.39 is 18.0 Å². The lowest BCUT2D eigenvalue weighted by Crippen LogP contribution is -2.39. The zero-order chi connectivity index (χ0) is 22.8. The Labute approximate surface area is 191 Å². The van der Waals surface area contributed by atoms with E-state index in [1.807, 2.05) is 23.6 Å². The predicted octanol–water partition coefficient (Wildman–Crippen LogP) is 2.79. The van der Waals surface area contributed by atoms with E-state index >= 15 is 0 Å². The van der Waals surface area contributed by atoms with Crippen LogP contribution >= 0.6 is 22.7 Å². The lowest BCUT2D eigenvalue weighted by atomic mass is 9.96. The molecule has 3 heterocycles. The second-order valence-electron chi connectivity index (χ2n) is 6.98. The van der Waals surface area contributed by atoms with Crippen molar-refractivity contribution in [2.24, 2.45) is 4.99 Å². The van der Waals surface area contributed by atoms with Crippen LogP contribution in [0.15, 0.2) is 62.8 Å². The van der Waals surface area contributed by atoms with Crippen LogP contribution in [0.25, 0.3) is 6.08 Å². The second kappa shape index (κ2) is 9.05. The SMILES string of the molecule is CCOC(=O)C1=C(C)N=c2s/c(=C\c3cccs3)c(=O)n2[C@@H]1c1ccc(OC(C)=O)cc1. The molecule has 0 fully saturated rings. The molecule has 0 radical (unpaired) electrons. The van der Waals surface area contributed by atoms with E-state index in [-0.39, 0.29) is 12.2 Å². The molecule has 0 spiro atoms. The second-order valence-corrected chi connectivity index (χ2v) is 8.97. The van der Waals surface area contributed by atoms with Crippen LogP contribution in [-0.4, -0.2) is 23.1 Å². The van der Waals surface area contributed by atoms with E-state index in [2.05, 4.69) is 4.99 Å². The van der Waals surface area contributed by atoms with Crippen molar-refractivity contribution in [3.63, 3.8) is 0 Å². The Morgan fingerprint density at radius 2 is 1.97 bits per heavy atom. The highest BCUT2D eigenvalue weighted by molar-refractivity contribution is 7.11. The summed E-state index contributed by atoms with van der Waals surface area (Å²) < 4.78 is 12.5. The number of hydrogen-bond donors (Lipinski definition) is 0. The molecule has 0 bridgehead atoms. The normalized spacial score (nSPS) is 15.8. The maximum absolute atomic E-state index is 13.4. The fourth-order valence-corrected chi connectivity index (χ4v) is 5.26. The fourth-order valence-electron chi connectivity index (χ4n) is 3.49. The van der Waals surface area contributed by atoms with E-state index in [9.17, 15) is 14.4 Å².